The van der Waals surface area contributed by atoms with Gasteiger partial charge in [-0.15, -0.1) is 0 Å². The lowest BCUT2D eigenvalue weighted by Crippen LogP contribution is -2.38. The van der Waals surface area contributed by atoms with E-state index in [4.69, 9.17) is 5.73 Å². The average molecular weight is 282 g/mol. The van der Waals surface area contributed by atoms with Gasteiger partial charge >= 0.3 is 0 Å². The van der Waals surface area contributed by atoms with Crippen LogP contribution in [0, 0.1) is 6.92 Å². The zero-order chi connectivity index (χ0) is 15.0. The van der Waals surface area contributed by atoms with Crippen LogP contribution in [-0.2, 0) is 0 Å². The molecule has 0 radical (unpaired) electrons. The molecule has 2 aromatic carbocycles. The summed E-state index contributed by atoms with van der Waals surface area (Å²) >= 11 is 0. The van der Waals surface area contributed by atoms with Crippen LogP contribution in [-0.4, -0.2) is 17.6 Å². The fraction of sp³-hybridized carbons (Fsp3) is 0.235. The molecule has 0 aliphatic carbocycles. The first-order chi connectivity index (χ1) is 10.1. The van der Waals surface area contributed by atoms with E-state index < -0.39 is 0 Å². The Labute approximate surface area is 123 Å². The minimum atomic E-state index is -0.188. The summed E-state index contributed by atoms with van der Waals surface area (Å²) in [6.45, 7) is 2.44. The van der Waals surface area contributed by atoms with Gasteiger partial charge in [-0.2, -0.15) is 0 Å². The van der Waals surface area contributed by atoms with Gasteiger partial charge < -0.3 is 15.7 Å². The molecular formula is C17H18N2O2. The zero-order valence-corrected chi connectivity index (χ0v) is 11.9. The molecule has 0 saturated carbocycles. The number of rotatable bonds is 1. The van der Waals surface area contributed by atoms with Crippen LogP contribution in [0.3, 0.4) is 0 Å². The van der Waals surface area contributed by atoms with Crippen molar-refractivity contribution >= 4 is 11.6 Å². The first-order valence-electron chi connectivity index (χ1n) is 7.04. The number of aromatic hydroxyl groups is 1. The monoisotopic (exact) mass is 282 g/mol. The number of aryl methyl sites for hydroxylation is 1. The third-order valence-electron chi connectivity index (χ3n) is 3.92. The van der Waals surface area contributed by atoms with Gasteiger partial charge in [-0.1, -0.05) is 24.3 Å². The molecule has 4 nitrogen and oxygen atoms in total. The molecule has 1 aliphatic heterocycles. The van der Waals surface area contributed by atoms with Crippen LogP contribution in [0.25, 0.3) is 0 Å². The Balaban J connectivity index is 2.01. The lowest BCUT2D eigenvalue weighted by atomic mass is 9.96. The Bertz CT molecular complexity index is 697. The predicted octanol–water partition coefficient (Wildman–Crippen LogP) is 2.75. The molecule has 0 spiro atoms. The second-order valence-corrected chi connectivity index (χ2v) is 5.43. The minimum Gasteiger partial charge on any atom is -0.507 e. The van der Waals surface area contributed by atoms with Crippen molar-refractivity contribution in [2.45, 2.75) is 19.4 Å². The van der Waals surface area contributed by atoms with Gasteiger partial charge in [0.15, 0.2) is 0 Å². The number of nitrogens with two attached hydrogens (primary N) is 1. The average Bonchev–Trinajstić information content (AvgIpc) is 2.47. The van der Waals surface area contributed by atoms with E-state index in [1.54, 1.807) is 17.0 Å². The molecule has 108 valence electrons. The van der Waals surface area contributed by atoms with Crippen molar-refractivity contribution in [3.8, 4) is 5.75 Å². The highest BCUT2D eigenvalue weighted by Crippen LogP contribution is 2.34. The number of nitrogens with zero attached hydrogens (tertiary/aromatic N) is 1. The first kappa shape index (κ1) is 13.6. The third kappa shape index (κ3) is 2.38. The van der Waals surface area contributed by atoms with E-state index in [0.717, 1.165) is 23.2 Å². The fourth-order valence-corrected chi connectivity index (χ4v) is 2.77. The van der Waals surface area contributed by atoms with Crippen molar-refractivity contribution in [1.29, 1.82) is 0 Å². The first-order valence-corrected chi connectivity index (χ1v) is 7.04. The molecule has 0 bridgehead atoms. The summed E-state index contributed by atoms with van der Waals surface area (Å²) in [7, 11) is 0. The van der Waals surface area contributed by atoms with Crippen molar-refractivity contribution < 1.29 is 9.90 Å². The number of phenolic OH excluding ortho intramolecular Hbond substituents is 1. The van der Waals surface area contributed by atoms with Gasteiger partial charge in [0.2, 0.25) is 0 Å². The van der Waals surface area contributed by atoms with Gasteiger partial charge in [0.1, 0.15) is 5.75 Å². The maximum Gasteiger partial charge on any atom is 0.262 e. The summed E-state index contributed by atoms with van der Waals surface area (Å²) in [5, 5.41) is 10.0. The highest BCUT2D eigenvalue weighted by molar-refractivity contribution is 6.08. The Morgan fingerprint density at radius 1 is 1.29 bits per heavy atom. The summed E-state index contributed by atoms with van der Waals surface area (Å²) in [6, 6.07) is 12.7. The van der Waals surface area contributed by atoms with E-state index in [2.05, 4.69) is 0 Å². The van der Waals surface area contributed by atoms with Gasteiger partial charge in [0, 0.05) is 18.3 Å². The Morgan fingerprint density at radius 2 is 2.05 bits per heavy atom. The maximum atomic E-state index is 12.7. The van der Waals surface area contributed by atoms with Crippen molar-refractivity contribution in [2.24, 2.45) is 5.73 Å². The second-order valence-electron chi connectivity index (χ2n) is 5.43. The normalized spacial score (nSPS) is 17.4. The van der Waals surface area contributed by atoms with E-state index in [1.807, 2.05) is 37.3 Å². The minimum absolute atomic E-state index is 0.0207. The summed E-state index contributed by atoms with van der Waals surface area (Å²) in [6.07, 6.45) is 0.718. The second kappa shape index (κ2) is 5.22. The zero-order valence-electron chi connectivity index (χ0n) is 11.9. The van der Waals surface area contributed by atoms with Crippen LogP contribution >= 0.6 is 0 Å². The molecule has 1 aliphatic rings. The van der Waals surface area contributed by atoms with Crippen LogP contribution in [0.1, 0.15) is 33.9 Å². The maximum absolute atomic E-state index is 12.7. The molecule has 3 rings (SSSR count). The van der Waals surface area contributed by atoms with Crippen LogP contribution < -0.4 is 10.6 Å². The third-order valence-corrected chi connectivity index (χ3v) is 3.92. The number of hydrogen-bond acceptors (Lipinski definition) is 3. The van der Waals surface area contributed by atoms with Gasteiger partial charge in [0.05, 0.1) is 5.56 Å². The van der Waals surface area contributed by atoms with Gasteiger partial charge in [-0.05, 0) is 42.7 Å². The molecule has 0 saturated heterocycles. The SMILES string of the molecule is Cc1ccc(C(=O)N2CCC(N)c3ccccc32)c(O)c1. The smallest absolute Gasteiger partial charge is 0.262 e. The van der Waals surface area contributed by atoms with Crippen molar-refractivity contribution in [1.82, 2.24) is 0 Å². The van der Waals surface area contributed by atoms with E-state index >= 15 is 0 Å². The highest BCUT2D eigenvalue weighted by Gasteiger charge is 2.28. The van der Waals surface area contributed by atoms with E-state index in [1.165, 1.54) is 0 Å². The molecule has 0 aromatic heterocycles. The summed E-state index contributed by atoms with van der Waals surface area (Å²) < 4.78 is 0. The quantitative estimate of drug-likeness (QED) is 0.845. The number of phenols is 1. The molecule has 1 amide bonds. The molecule has 4 heteroatoms. The molecule has 21 heavy (non-hydrogen) atoms. The largest absolute Gasteiger partial charge is 0.507 e. The standard InChI is InChI=1S/C17H18N2O2/c1-11-6-7-13(16(20)10-11)17(21)19-9-8-14(18)12-4-2-3-5-15(12)19/h2-7,10,14,20H,8-9,18H2,1H3. The van der Waals surface area contributed by atoms with E-state index in [-0.39, 0.29) is 17.7 Å². The van der Waals surface area contributed by atoms with E-state index in [9.17, 15) is 9.90 Å². The summed E-state index contributed by atoms with van der Waals surface area (Å²) in [5.41, 5.74) is 9.17. The number of carbonyl (C=O) groups excluding carboxylic acids is 1. The lowest BCUT2D eigenvalue weighted by molar-refractivity contribution is 0.0981. The highest BCUT2D eigenvalue weighted by atomic mass is 16.3. The Kier molecular flexibility index (Phi) is 3.39. The number of para-hydroxylation sites is 1. The molecule has 3 N–H and O–H groups in total. The Morgan fingerprint density at radius 3 is 2.81 bits per heavy atom. The topological polar surface area (TPSA) is 66.6 Å². The summed E-state index contributed by atoms with van der Waals surface area (Å²) in [5.74, 6) is -0.167. The van der Waals surface area contributed by atoms with Gasteiger partial charge in [-0.25, -0.2) is 0 Å². The van der Waals surface area contributed by atoms with E-state index in [0.29, 0.717) is 12.1 Å². The fourth-order valence-electron chi connectivity index (χ4n) is 2.77. The molecule has 1 heterocycles. The van der Waals surface area contributed by atoms with Crippen LogP contribution in [0.5, 0.6) is 5.75 Å². The lowest BCUT2D eigenvalue weighted by Gasteiger charge is -2.33. The Hall–Kier alpha value is -2.33. The van der Waals surface area contributed by atoms with Gasteiger partial charge in [0.25, 0.3) is 5.91 Å². The van der Waals surface area contributed by atoms with Crippen LogP contribution in [0.2, 0.25) is 0 Å². The number of anilines is 1. The number of carbonyl (C=O) groups is 1. The van der Waals surface area contributed by atoms with Crippen molar-refractivity contribution in [3.63, 3.8) is 0 Å². The van der Waals surface area contributed by atoms with Crippen LogP contribution in [0.4, 0.5) is 5.69 Å². The number of benzene rings is 2. The number of amides is 1. The van der Waals surface area contributed by atoms with Gasteiger partial charge in [-0.3, -0.25) is 4.79 Å². The van der Waals surface area contributed by atoms with Crippen molar-refractivity contribution in [3.05, 3.63) is 59.2 Å². The molecular weight excluding hydrogens is 264 g/mol. The molecule has 0 fully saturated rings. The van der Waals surface area contributed by atoms with Crippen LogP contribution in [0.15, 0.2) is 42.5 Å². The number of fused-ring (bicyclic) bond motifs is 1. The molecule has 2 aromatic rings. The molecule has 1 atom stereocenters. The molecule has 1 unspecified atom stereocenters. The van der Waals surface area contributed by atoms with Crippen molar-refractivity contribution in [2.75, 3.05) is 11.4 Å². The predicted molar refractivity (Wildman–Crippen MR) is 82.5 cm³/mol. The summed E-state index contributed by atoms with van der Waals surface area (Å²) in [4.78, 5) is 14.4. The number of hydrogen-bond donors (Lipinski definition) is 2.